The molecule has 0 aromatic heterocycles. The molecule has 0 radical (unpaired) electrons. The van der Waals surface area contributed by atoms with Crippen LogP contribution >= 0.6 is 0 Å². The summed E-state index contributed by atoms with van der Waals surface area (Å²) in [6.45, 7) is 7.52. The largest absolute Gasteiger partial charge is 0.478 e. The molecule has 0 atom stereocenters. The lowest BCUT2D eigenvalue weighted by atomic mass is 10.1. The smallest absolute Gasteiger partial charge is 0.337 e. The minimum Gasteiger partial charge on any atom is -0.478 e. The molecule has 0 saturated heterocycles. The van der Waals surface area contributed by atoms with Gasteiger partial charge in [-0.3, -0.25) is 4.79 Å². The number of nitrogens with zero attached hydrogens (tertiary/aromatic N) is 1. The van der Waals surface area contributed by atoms with E-state index in [4.69, 9.17) is 0 Å². The Labute approximate surface area is 126 Å². The van der Waals surface area contributed by atoms with Crippen molar-refractivity contribution in [3.8, 4) is 0 Å². The van der Waals surface area contributed by atoms with Gasteiger partial charge in [-0.1, -0.05) is 20.8 Å². The second kappa shape index (κ2) is 8.29. The van der Waals surface area contributed by atoms with Crippen LogP contribution in [0.2, 0.25) is 0 Å². The second-order valence-electron chi connectivity index (χ2n) is 4.93. The van der Waals surface area contributed by atoms with Crippen molar-refractivity contribution in [3.63, 3.8) is 0 Å². The monoisotopic (exact) mass is 292 g/mol. The number of aromatic carboxylic acids is 1. The lowest BCUT2D eigenvalue weighted by molar-refractivity contribution is -0.115. The third kappa shape index (κ3) is 4.77. The van der Waals surface area contributed by atoms with Gasteiger partial charge in [-0.25, -0.2) is 4.79 Å². The number of anilines is 2. The summed E-state index contributed by atoms with van der Waals surface area (Å²) in [5, 5.41) is 12.1. The van der Waals surface area contributed by atoms with Crippen LogP contribution in [0.3, 0.4) is 0 Å². The highest BCUT2D eigenvalue weighted by Gasteiger charge is 2.16. The summed E-state index contributed by atoms with van der Waals surface area (Å²) in [7, 11) is 0. The van der Waals surface area contributed by atoms with Crippen molar-refractivity contribution >= 4 is 23.3 Å². The van der Waals surface area contributed by atoms with Crippen LogP contribution in [0, 0.1) is 0 Å². The molecule has 0 aliphatic rings. The van der Waals surface area contributed by atoms with Gasteiger partial charge in [0, 0.05) is 25.2 Å². The average Bonchev–Trinajstić information content (AvgIpc) is 2.46. The third-order valence-corrected chi connectivity index (χ3v) is 3.16. The topological polar surface area (TPSA) is 69.6 Å². The molecule has 5 heteroatoms. The van der Waals surface area contributed by atoms with E-state index in [9.17, 15) is 14.7 Å². The molecule has 0 fully saturated rings. The van der Waals surface area contributed by atoms with Crippen molar-refractivity contribution in [1.82, 2.24) is 0 Å². The van der Waals surface area contributed by atoms with Crippen LogP contribution < -0.4 is 10.2 Å². The summed E-state index contributed by atoms with van der Waals surface area (Å²) in [5.74, 6) is -1.10. The number of carboxylic acid groups (broad SMARTS) is 1. The molecule has 0 aliphatic carbocycles. The zero-order valence-corrected chi connectivity index (χ0v) is 13.0. The molecule has 1 amide bonds. The van der Waals surface area contributed by atoms with E-state index in [0.29, 0.717) is 17.8 Å². The van der Waals surface area contributed by atoms with Crippen molar-refractivity contribution < 1.29 is 14.7 Å². The Morgan fingerprint density at radius 2 is 1.76 bits per heavy atom. The van der Waals surface area contributed by atoms with Gasteiger partial charge in [0.15, 0.2) is 0 Å². The molecule has 0 bridgehead atoms. The van der Waals surface area contributed by atoms with Crippen LogP contribution in [-0.2, 0) is 4.79 Å². The number of rotatable bonds is 8. The SMILES string of the molecule is CCCN(CCC)c1ccc(NC(=O)CC)cc1C(=O)O. The molecule has 0 spiro atoms. The molecular formula is C16H24N2O3. The normalized spacial score (nSPS) is 10.2. The highest BCUT2D eigenvalue weighted by atomic mass is 16.4. The van der Waals surface area contributed by atoms with Crippen LogP contribution in [0.5, 0.6) is 0 Å². The van der Waals surface area contributed by atoms with Crippen molar-refractivity contribution in [2.24, 2.45) is 0 Å². The number of hydrogen-bond acceptors (Lipinski definition) is 3. The summed E-state index contributed by atoms with van der Waals surface area (Å²) in [6, 6.07) is 5.07. The fourth-order valence-electron chi connectivity index (χ4n) is 2.20. The average molecular weight is 292 g/mol. The Kier molecular flexibility index (Phi) is 6.72. The standard InChI is InChI=1S/C16H24N2O3/c1-4-9-18(10-5-2)14-8-7-12(17-15(19)6-3)11-13(14)16(20)21/h7-8,11H,4-6,9-10H2,1-3H3,(H,17,19)(H,20,21). The number of carbonyl (C=O) groups excluding carboxylic acids is 1. The van der Waals surface area contributed by atoms with Crippen LogP contribution in [0.4, 0.5) is 11.4 Å². The highest BCUT2D eigenvalue weighted by Crippen LogP contribution is 2.25. The predicted octanol–water partition coefficient (Wildman–Crippen LogP) is 3.36. The zero-order valence-electron chi connectivity index (χ0n) is 13.0. The van der Waals surface area contributed by atoms with Crippen LogP contribution in [0.25, 0.3) is 0 Å². The molecule has 2 N–H and O–H groups in total. The van der Waals surface area contributed by atoms with E-state index in [1.807, 2.05) is 0 Å². The summed E-state index contributed by atoms with van der Waals surface area (Å²) in [6.07, 6.45) is 2.27. The van der Waals surface area contributed by atoms with Crippen molar-refractivity contribution in [1.29, 1.82) is 0 Å². The molecule has 1 rings (SSSR count). The van der Waals surface area contributed by atoms with Gasteiger partial charge in [-0.05, 0) is 31.0 Å². The minimum atomic E-state index is -0.977. The van der Waals surface area contributed by atoms with Gasteiger partial charge in [-0.15, -0.1) is 0 Å². The molecule has 21 heavy (non-hydrogen) atoms. The number of carboxylic acids is 1. The Bertz CT molecular complexity index is 494. The molecule has 0 aliphatic heterocycles. The van der Waals surface area contributed by atoms with Gasteiger partial charge in [0.2, 0.25) is 5.91 Å². The van der Waals surface area contributed by atoms with E-state index in [-0.39, 0.29) is 11.5 Å². The number of benzene rings is 1. The number of carbonyl (C=O) groups is 2. The van der Waals surface area contributed by atoms with E-state index in [2.05, 4.69) is 24.1 Å². The highest BCUT2D eigenvalue weighted by molar-refractivity contribution is 5.98. The Morgan fingerprint density at radius 1 is 1.14 bits per heavy atom. The van der Waals surface area contributed by atoms with Crippen LogP contribution in [-0.4, -0.2) is 30.1 Å². The number of amides is 1. The Hall–Kier alpha value is -2.04. The maximum Gasteiger partial charge on any atom is 0.337 e. The quantitative estimate of drug-likeness (QED) is 0.771. The zero-order chi connectivity index (χ0) is 15.8. The van der Waals surface area contributed by atoms with Crippen molar-refractivity contribution in [3.05, 3.63) is 23.8 Å². The van der Waals surface area contributed by atoms with Crippen molar-refractivity contribution in [2.45, 2.75) is 40.0 Å². The second-order valence-corrected chi connectivity index (χ2v) is 4.93. The third-order valence-electron chi connectivity index (χ3n) is 3.16. The Balaban J connectivity index is 3.13. The molecule has 0 saturated carbocycles. The predicted molar refractivity (Wildman–Crippen MR) is 85.1 cm³/mol. The van der Waals surface area contributed by atoms with E-state index >= 15 is 0 Å². The van der Waals surface area contributed by atoms with E-state index < -0.39 is 5.97 Å². The summed E-state index contributed by atoms with van der Waals surface area (Å²) < 4.78 is 0. The van der Waals surface area contributed by atoms with Gasteiger partial charge in [0.05, 0.1) is 11.3 Å². The molecule has 0 heterocycles. The summed E-state index contributed by atoms with van der Waals surface area (Å²) >= 11 is 0. The molecule has 116 valence electrons. The number of nitrogens with one attached hydrogen (secondary N) is 1. The van der Waals surface area contributed by atoms with E-state index in [0.717, 1.165) is 25.9 Å². The maximum atomic E-state index is 11.5. The molecule has 1 aromatic carbocycles. The lowest BCUT2D eigenvalue weighted by Gasteiger charge is -2.25. The molecule has 1 aromatic rings. The first-order valence-corrected chi connectivity index (χ1v) is 7.45. The number of hydrogen-bond donors (Lipinski definition) is 2. The van der Waals surface area contributed by atoms with Crippen LogP contribution in [0.15, 0.2) is 18.2 Å². The van der Waals surface area contributed by atoms with E-state index in [1.54, 1.807) is 19.1 Å². The Morgan fingerprint density at radius 3 is 2.24 bits per heavy atom. The van der Waals surface area contributed by atoms with Crippen molar-refractivity contribution in [2.75, 3.05) is 23.3 Å². The van der Waals surface area contributed by atoms with Gasteiger partial charge >= 0.3 is 5.97 Å². The minimum absolute atomic E-state index is 0.127. The van der Waals surface area contributed by atoms with Gasteiger partial charge < -0.3 is 15.3 Å². The fraction of sp³-hybridized carbons (Fsp3) is 0.500. The summed E-state index contributed by atoms with van der Waals surface area (Å²) in [4.78, 5) is 25.0. The first kappa shape index (κ1) is 17.0. The molecule has 5 nitrogen and oxygen atoms in total. The van der Waals surface area contributed by atoms with Gasteiger partial charge in [0.1, 0.15) is 0 Å². The maximum absolute atomic E-state index is 11.5. The first-order valence-electron chi connectivity index (χ1n) is 7.45. The molecular weight excluding hydrogens is 268 g/mol. The first-order chi connectivity index (χ1) is 10.0. The van der Waals surface area contributed by atoms with E-state index in [1.165, 1.54) is 6.07 Å². The van der Waals surface area contributed by atoms with Gasteiger partial charge in [-0.2, -0.15) is 0 Å². The van der Waals surface area contributed by atoms with Gasteiger partial charge in [0.25, 0.3) is 0 Å². The van der Waals surface area contributed by atoms with Crippen LogP contribution in [0.1, 0.15) is 50.4 Å². The lowest BCUT2D eigenvalue weighted by Crippen LogP contribution is -2.27. The molecule has 0 unspecified atom stereocenters. The fourth-order valence-corrected chi connectivity index (χ4v) is 2.20. The summed E-state index contributed by atoms with van der Waals surface area (Å²) in [5.41, 5.74) is 1.46.